The van der Waals surface area contributed by atoms with Crippen LogP contribution in [-0.2, 0) is 9.53 Å². The molecule has 41 heavy (non-hydrogen) atoms. The molecule has 1 atom stereocenters. The number of rotatable bonds is 7. The lowest BCUT2D eigenvalue weighted by atomic mass is 9.86. The highest BCUT2D eigenvalue weighted by molar-refractivity contribution is 5.88. The number of nitrogens with zero attached hydrogens (tertiary/aromatic N) is 2. The molecule has 1 aromatic carbocycles. The summed E-state index contributed by atoms with van der Waals surface area (Å²) in [5.41, 5.74) is 10.3. The molecular formula is C37H46N2O2. The van der Waals surface area contributed by atoms with Crippen LogP contribution in [0.25, 0.3) is 5.57 Å². The predicted octanol–water partition coefficient (Wildman–Crippen LogP) is 9.00. The van der Waals surface area contributed by atoms with E-state index in [0.717, 1.165) is 44.3 Å². The number of aliphatic imine (C=N–C) groups is 1. The SMILES string of the molecule is CCCC1=CCCC(c2ccc(C3=CCC4=CN=CC=C(N5CC/C=C(\C(=O)OC(C)C)CCC5)C4=C3)cc2)CC1. The van der Waals surface area contributed by atoms with Crippen molar-refractivity contribution in [2.45, 2.75) is 97.0 Å². The molecule has 2 aliphatic heterocycles. The molecule has 4 nitrogen and oxygen atoms in total. The molecule has 0 fully saturated rings. The van der Waals surface area contributed by atoms with Crippen LogP contribution in [0.15, 0.2) is 93.8 Å². The highest BCUT2D eigenvalue weighted by Gasteiger charge is 2.23. The molecule has 5 rings (SSSR count). The summed E-state index contributed by atoms with van der Waals surface area (Å²) in [5, 5.41) is 0. The van der Waals surface area contributed by atoms with Crippen LogP contribution >= 0.6 is 0 Å². The lowest BCUT2D eigenvalue weighted by Crippen LogP contribution is -2.29. The zero-order valence-corrected chi connectivity index (χ0v) is 25.2. The van der Waals surface area contributed by atoms with Crippen LogP contribution in [0.1, 0.15) is 102 Å². The van der Waals surface area contributed by atoms with Crippen LogP contribution in [-0.4, -0.2) is 36.3 Å². The van der Waals surface area contributed by atoms with E-state index >= 15 is 0 Å². The molecular weight excluding hydrogens is 504 g/mol. The summed E-state index contributed by atoms with van der Waals surface area (Å²) in [4.78, 5) is 19.5. The van der Waals surface area contributed by atoms with Gasteiger partial charge in [0, 0.05) is 42.3 Å². The summed E-state index contributed by atoms with van der Waals surface area (Å²) in [6, 6.07) is 9.39. The Bertz CT molecular complexity index is 1320. The average molecular weight is 551 g/mol. The van der Waals surface area contributed by atoms with Gasteiger partial charge in [0.05, 0.1) is 6.10 Å². The Morgan fingerprint density at radius 1 is 1.05 bits per heavy atom. The lowest BCUT2D eigenvalue weighted by Gasteiger charge is -2.31. The molecule has 0 saturated carbocycles. The van der Waals surface area contributed by atoms with E-state index in [-0.39, 0.29) is 12.1 Å². The van der Waals surface area contributed by atoms with Crippen LogP contribution < -0.4 is 0 Å². The number of benzene rings is 1. The van der Waals surface area contributed by atoms with Crippen molar-refractivity contribution >= 4 is 17.8 Å². The largest absolute Gasteiger partial charge is 0.460 e. The molecule has 0 radical (unpaired) electrons. The first-order chi connectivity index (χ1) is 20.0. The van der Waals surface area contributed by atoms with Crippen molar-refractivity contribution in [3.05, 3.63) is 100.0 Å². The van der Waals surface area contributed by atoms with Crippen molar-refractivity contribution < 1.29 is 9.53 Å². The van der Waals surface area contributed by atoms with Gasteiger partial charge in [0.25, 0.3) is 0 Å². The molecule has 0 amide bonds. The number of hydrogen-bond acceptors (Lipinski definition) is 4. The van der Waals surface area contributed by atoms with Crippen molar-refractivity contribution in [2.75, 3.05) is 13.1 Å². The molecule has 0 bridgehead atoms. The Balaban J connectivity index is 1.29. The van der Waals surface area contributed by atoms with Crippen molar-refractivity contribution in [3.8, 4) is 0 Å². The Hall–Kier alpha value is -3.40. The van der Waals surface area contributed by atoms with Gasteiger partial charge in [0.15, 0.2) is 0 Å². The van der Waals surface area contributed by atoms with E-state index in [4.69, 9.17) is 4.74 Å². The zero-order chi connectivity index (χ0) is 28.6. The third-order valence-corrected chi connectivity index (χ3v) is 8.67. The summed E-state index contributed by atoms with van der Waals surface area (Å²) in [5.74, 6) is 0.498. The van der Waals surface area contributed by atoms with E-state index < -0.39 is 0 Å². The fraction of sp³-hybridized carbons (Fsp3) is 0.459. The van der Waals surface area contributed by atoms with Crippen LogP contribution in [0.4, 0.5) is 0 Å². The summed E-state index contributed by atoms with van der Waals surface area (Å²) in [6.45, 7) is 7.86. The van der Waals surface area contributed by atoms with E-state index in [9.17, 15) is 4.79 Å². The van der Waals surface area contributed by atoms with Gasteiger partial charge < -0.3 is 9.64 Å². The van der Waals surface area contributed by atoms with Gasteiger partial charge >= 0.3 is 5.97 Å². The zero-order valence-electron chi connectivity index (χ0n) is 25.2. The molecule has 216 valence electrons. The number of hydrogen-bond donors (Lipinski definition) is 0. The normalized spacial score (nSPS) is 22.8. The molecule has 0 N–H and O–H groups in total. The molecule has 1 unspecified atom stereocenters. The van der Waals surface area contributed by atoms with E-state index in [0.29, 0.717) is 5.92 Å². The Labute approximate surface area is 247 Å². The summed E-state index contributed by atoms with van der Waals surface area (Å²) in [6.07, 6.45) is 26.2. The van der Waals surface area contributed by atoms with E-state index in [1.807, 2.05) is 26.3 Å². The number of allylic oxidation sites excluding steroid dienone is 7. The number of ether oxygens (including phenoxy) is 1. The fourth-order valence-corrected chi connectivity index (χ4v) is 6.52. The van der Waals surface area contributed by atoms with Gasteiger partial charge in [-0.05, 0) is 112 Å². The third-order valence-electron chi connectivity index (χ3n) is 8.67. The number of carbonyl (C=O) groups excluding carboxylic acids is 1. The molecule has 2 heterocycles. The highest BCUT2D eigenvalue weighted by Crippen LogP contribution is 2.37. The number of carbonyl (C=O) groups is 1. The maximum atomic E-state index is 12.5. The standard InChI is InChI=1S/C37H46N2O2/c1-4-8-28-9-5-10-29(14-13-28)30-15-17-31(18-16-30)33-19-20-34-26-38-22-21-36(35(34)25-33)39-23-6-11-32(12-7-24-39)37(40)41-27(2)3/h9,11,15-19,21-22,25-27,29H,4-8,10,12-14,20,23-24H2,1-3H3/b32-11-. The van der Waals surface area contributed by atoms with Gasteiger partial charge in [-0.15, -0.1) is 0 Å². The number of fused-ring (bicyclic) bond motifs is 1. The van der Waals surface area contributed by atoms with E-state index in [1.165, 1.54) is 72.1 Å². The van der Waals surface area contributed by atoms with E-state index in [2.05, 4.69) is 71.5 Å². The number of esters is 1. The van der Waals surface area contributed by atoms with Crippen molar-refractivity contribution in [3.63, 3.8) is 0 Å². The predicted molar refractivity (Wildman–Crippen MR) is 171 cm³/mol. The second-order valence-corrected chi connectivity index (χ2v) is 12.0. The second kappa shape index (κ2) is 14.0. The summed E-state index contributed by atoms with van der Waals surface area (Å²) < 4.78 is 5.46. The van der Waals surface area contributed by atoms with Gasteiger partial charge in [-0.25, -0.2) is 4.79 Å². The third kappa shape index (κ3) is 7.47. The van der Waals surface area contributed by atoms with Gasteiger partial charge in [-0.2, -0.15) is 0 Å². The van der Waals surface area contributed by atoms with Crippen LogP contribution in [0, 0.1) is 0 Å². The smallest absolute Gasteiger partial charge is 0.333 e. The van der Waals surface area contributed by atoms with E-state index in [1.54, 1.807) is 5.57 Å². The molecule has 0 spiro atoms. The fourth-order valence-electron chi connectivity index (χ4n) is 6.52. The first-order valence-corrected chi connectivity index (χ1v) is 15.8. The van der Waals surface area contributed by atoms with Crippen LogP contribution in [0.2, 0.25) is 0 Å². The Morgan fingerprint density at radius 2 is 1.90 bits per heavy atom. The van der Waals surface area contributed by atoms with Gasteiger partial charge in [0.2, 0.25) is 0 Å². The molecule has 4 aliphatic rings. The Morgan fingerprint density at radius 3 is 2.71 bits per heavy atom. The van der Waals surface area contributed by atoms with Gasteiger partial charge in [-0.1, -0.05) is 61.4 Å². The first kappa shape index (κ1) is 29.1. The minimum absolute atomic E-state index is 0.0875. The van der Waals surface area contributed by atoms with Crippen molar-refractivity contribution in [1.82, 2.24) is 4.90 Å². The lowest BCUT2D eigenvalue weighted by molar-refractivity contribution is -0.142. The molecule has 0 aromatic heterocycles. The summed E-state index contributed by atoms with van der Waals surface area (Å²) >= 11 is 0. The van der Waals surface area contributed by atoms with Crippen molar-refractivity contribution in [1.29, 1.82) is 0 Å². The maximum Gasteiger partial charge on any atom is 0.333 e. The molecule has 1 aromatic rings. The average Bonchev–Trinajstić information content (AvgIpc) is 3.31. The second-order valence-electron chi connectivity index (χ2n) is 12.0. The summed E-state index contributed by atoms with van der Waals surface area (Å²) in [7, 11) is 0. The van der Waals surface area contributed by atoms with Gasteiger partial charge in [-0.3, -0.25) is 4.99 Å². The van der Waals surface area contributed by atoms with Crippen LogP contribution in [0.3, 0.4) is 0 Å². The minimum Gasteiger partial charge on any atom is -0.460 e. The maximum absolute atomic E-state index is 12.5. The minimum atomic E-state index is -0.160. The van der Waals surface area contributed by atoms with Gasteiger partial charge in [0.1, 0.15) is 0 Å². The topological polar surface area (TPSA) is 41.9 Å². The monoisotopic (exact) mass is 550 g/mol. The van der Waals surface area contributed by atoms with Crippen LogP contribution in [0.5, 0.6) is 0 Å². The Kier molecular flexibility index (Phi) is 9.92. The first-order valence-electron chi connectivity index (χ1n) is 15.8. The highest BCUT2D eigenvalue weighted by atomic mass is 16.5. The van der Waals surface area contributed by atoms with Crippen molar-refractivity contribution in [2.24, 2.45) is 4.99 Å². The quantitative estimate of drug-likeness (QED) is 0.251. The molecule has 0 saturated heterocycles. The molecule has 4 heteroatoms. The molecule has 2 aliphatic carbocycles.